The molecule has 3 aliphatic rings. The fourth-order valence-electron chi connectivity index (χ4n) is 4.83. The number of carboxylic acids is 1. The Hall–Kier alpha value is -0.620. The van der Waals surface area contributed by atoms with Crippen molar-refractivity contribution in [3.05, 3.63) is 0 Å². The Morgan fingerprint density at radius 2 is 1.95 bits per heavy atom. The highest BCUT2D eigenvalue weighted by atomic mass is 32.2. The summed E-state index contributed by atoms with van der Waals surface area (Å²) < 4.78 is 26.9. The van der Waals surface area contributed by atoms with E-state index in [0.29, 0.717) is 37.6 Å². The van der Waals surface area contributed by atoms with Crippen LogP contribution < -0.4 is 0 Å². The van der Waals surface area contributed by atoms with Crippen LogP contribution in [0.25, 0.3) is 0 Å². The van der Waals surface area contributed by atoms with Crippen LogP contribution in [0.5, 0.6) is 0 Å². The van der Waals surface area contributed by atoms with Crippen LogP contribution in [0.4, 0.5) is 0 Å². The van der Waals surface area contributed by atoms with E-state index < -0.39 is 27.2 Å². The van der Waals surface area contributed by atoms with Gasteiger partial charge in [0.2, 0.25) is 10.0 Å². The lowest BCUT2D eigenvalue weighted by atomic mass is 9.89. The minimum atomic E-state index is -3.48. The summed E-state index contributed by atoms with van der Waals surface area (Å²) in [6, 6.07) is 0. The summed E-state index contributed by atoms with van der Waals surface area (Å²) in [7, 11) is -1.85. The summed E-state index contributed by atoms with van der Waals surface area (Å²) in [4.78, 5) is 11.2. The molecule has 0 saturated heterocycles. The van der Waals surface area contributed by atoms with Crippen molar-refractivity contribution in [1.29, 1.82) is 0 Å². The lowest BCUT2D eigenvalue weighted by Gasteiger charge is -2.29. The first kappa shape index (κ1) is 15.3. The molecule has 0 radical (unpaired) electrons. The zero-order valence-corrected chi connectivity index (χ0v) is 13.4. The van der Waals surface area contributed by atoms with Gasteiger partial charge in [0.05, 0.1) is 11.2 Å². The first-order chi connectivity index (χ1) is 9.89. The molecule has 5 unspecified atom stereocenters. The number of hydrogen-bond acceptors (Lipinski definition) is 3. The van der Waals surface area contributed by atoms with Gasteiger partial charge in [-0.15, -0.1) is 0 Å². The maximum Gasteiger partial charge on any atom is 0.307 e. The minimum Gasteiger partial charge on any atom is -0.481 e. The molecule has 0 aromatic rings. The number of rotatable bonds is 5. The van der Waals surface area contributed by atoms with Crippen LogP contribution in [0.2, 0.25) is 0 Å². The van der Waals surface area contributed by atoms with E-state index in [9.17, 15) is 18.3 Å². The van der Waals surface area contributed by atoms with Gasteiger partial charge >= 0.3 is 5.97 Å². The number of carboxylic acid groups (broad SMARTS) is 1. The molecule has 5 atom stereocenters. The third-order valence-corrected chi connectivity index (χ3v) is 8.31. The average molecular weight is 315 g/mol. The lowest BCUT2D eigenvalue weighted by Crippen LogP contribution is -2.42. The first-order valence-corrected chi connectivity index (χ1v) is 9.58. The van der Waals surface area contributed by atoms with Crippen molar-refractivity contribution in [2.75, 3.05) is 13.6 Å². The van der Waals surface area contributed by atoms with E-state index in [0.717, 1.165) is 12.3 Å². The minimum absolute atomic E-state index is 0.480. The molecule has 0 aromatic heterocycles. The molecule has 6 heteroatoms. The van der Waals surface area contributed by atoms with Crippen LogP contribution >= 0.6 is 0 Å². The molecular weight excluding hydrogens is 290 g/mol. The molecule has 5 nitrogen and oxygen atoms in total. The molecule has 0 heterocycles. The van der Waals surface area contributed by atoms with Crippen LogP contribution in [0.15, 0.2) is 0 Å². The van der Waals surface area contributed by atoms with E-state index in [4.69, 9.17) is 0 Å². The fraction of sp³-hybridized carbons (Fsp3) is 0.933. The standard InChI is InChI=1S/C15H25NO4S/c1-16(9-12-8-10-5-6-11(12)7-10)21(19,20)14-4-2-3-13(14)15(17)18/h10-14H,2-9H2,1H3,(H,17,18). The Kier molecular flexibility index (Phi) is 4.03. The van der Waals surface area contributed by atoms with E-state index in [-0.39, 0.29) is 0 Å². The summed E-state index contributed by atoms with van der Waals surface area (Å²) >= 11 is 0. The molecule has 2 bridgehead atoms. The molecule has 1 N–H and O–H groups in total. The Labute approximate surface area is 126 Å². The van der Waals surface area contributed by atoms with Gasteiger partial charge < -0.3 is 5.11 Å². The molecule has 21 heavy (non-hydrogen) atoms. The van der Waals surface area contributed by atoms with Gasteiger partial charge in [-0.05, 0) is 49.9 Å². The maximum absolute atomic E-state index is 12.7. The fourth-order valence-corrected chi connectivity index (χ4v) is 6.82. The molecule has 3 rings (SSSR count). The number of aliphatic carboxylic acids is 1. The van der Waals surface area contributed by atoms with Gasteiger partial charge in [-0.2, -0.15) is 0 Å². The molecule has 120 valence electrons. The van der Waals surface area contributed by atoms with Gasteiger partial charge in [-0.25, -0.2) is 12.7 Å². The highest BCUT2D eigenvalue weighted by Crippen LogP contribution is 2.48. The second kappa shape index (κ2) is 5.54. The van der Waals surface area contributed by atoms with Crippen LogP contribution in [0.1, 0.15) is 44.9 Å². The van der Waals surface area contributed by atoms with Gasteiger partial charge in [0, 0.05) is 13.6 Å². The van der Waals surface area contributed by atoms with Crippen LogP contribution in [-0.2, 0) is 14.8 Å². The van der Waals surface area contributed by atoms with Crippen molar-refractivity contribution in [2.45, 2.75) is 50.2 Å². The molecule has 0 amide bonds. The van der Waals surface area contributed by atoms with Crippen LogP contribution in [0, 0.1) is 23.7 Å². The second-order valence-electron chi connectivity index (χ2n) is 7.17. The quantitative estimate of drug-likeness (QED) is 0.841. The third kappa shape index (κ3) is 2.72. The number of sulfonamides is 1. The predicted molar refractivity (Wildman–Crippen MR) is 79.3 cm³/mol. The van der Waals surface area contributed by atoms with Crippen molar-refractivity contribution in [1.82, 2.24) is 4.31 Å². The molecule has 0 aromatic carbocycles. The topological polar surface area (TPSA) is 74.7 Å². The van der Waals surface area contributed by atoms with Crippen molar-refractivity contribution < 1.29 is 18.3 Å². The number of carbonyl (C=O) groups is 1. The van der Waals surface area contributed by atoms with Crippen molar-refractivity contribution in [3.63, 3.8) is 0 Å². The van der Waals surface area contributed by atoms with Gasteiger partial charge in [0.15, 0.2) is 0 Å². The maximum atomic E-state index is 12.7. The zero-order chi connectivity index (χ0) is 15.2. The van der Waals surface area contributed by atoms with Gasteiger partial charge in [0.25, 0.3) is 0 Å². The first-order valence-electron chi connectivity index (χ1n) is 8.07. The molecule has 3 saturated carbocycles. The Balaban J connectivity index is 1.68. The normalized spacial score (nSPS) is 39.2. The number of fused-ring (bicyclic) bond motifs is 2. The summed E-state index contributed by atoms with van der Waals surface area (Å²) in [5, 5.41) is 8.49. The van der Waals surface area contributed by atoms with Gasteiger partial charge in [-0.3, -0.25) is 4.79 Å². The summed E-state index contributed by atoms with van der Waals surface area (Å²) in [6.07, 6.45) is 6.63. The average Bonchev–Trinajstić information content (AvgIpc) is 3.14. The number of nitrogens with zero attached hydrogens (tertiary/aromatic N) is 1. The second-order valence-corrected chi connectivity index (χ2v) is 9.43. The molecule has 0 aliphatic heterocycles. The molecule has 3 fully saturated rings. The molecular formula is C15H25NO4S. The van der Waals surface area contributed by atoms with Gasteiger partial charge in [0.1, 0.15) is 0 Å². The summed E-state index contributed by atoms with van der Waals surface area (Å²) in [6.45, 7) is 0.576. The largest absolute Gasteiger partial charge is 0.481 e. The van der Waals surface area contributed by atoms with Crippen molar-refractivity contribution in [3.8, 4) is 0 Å². The smallest absolute Gasteiger partial charge is 0.307 e. The Morgan fingerprint density at radius 1 is 1.19 bits per heavy atom. The third-order valence-electron chi connectivity index (χ3n) is 5.96. The summed E-state index contributed by atoms with van der Waals surface area (Å²) in [5.74, 6) is 0.279. The Morgan fingerprint density at radius 3 is 2.52 bits per heavy atom. The highest BCUT2D eigenvalue weighted by molar-refractivity contribution is 7.89. The summed E-state index contributed by atoms with van der Waals surface area (Å²) in [5.41, 5.74) is 0. The van der Waals surface area contributed by atoms with Crippen LogP contribution in [0.3, 0.4) is 0 Å². The predicted octanol–water partition coefficient (Wildman–Crippen LogP) is 1.94. The van der Waals surface area contributed by atoms with Crippen molar-refractivity contribution >= 4 is 16.0 Å². The number of hydrogen-bond donors (Lipinski definition) is 1. The van der Waals surface area contributed by atoms with E-state index >= 15 is 0 Å². The van der Waals surface area contributed by atoms with E-state index in [2.05, 4.69) is 0 Å². The zero-order valence-electron chi connectivity index (χ0n) is 12.6. The van der Waals surface area contributed by atoms with E-state index in [1.807, 2.05) is 0 Å². The lowest BCUT2D eigenvalue weighted by molar-refractivity contribution is -0.141. The van der Waals surface area contributed by atoms with Crippen LogP contribution in [-0.4, -0.2) is 42.6 Å². The highest BCUT2D eigenvalue weighted by Gasteiger charge is 2.45. The van der Waals surface area contributed by atoms with Gasteiger partial charge in [-0.1, -0.05) is 12.8 Å². The monoisotopic (exact) mass is 315 g/mol. The Bertz CT molecular complexity index is 518. The molecule has 3 aliphatic carbocycles. The SMILES string of the molecule is CN(CC1CC2CCC1C2)S(=O)(=O)C1CCCC1C(=O)O. The van der Waals surface area contributed by atoms with Crippen molar-refractivity contribution in [2.24, 2.45) is 23.7 Å². The molecule has 0 spiro atoms. The van der Waals surface area contributed by atoms with E-state index in [1.165, 1.54) is 23.6 Å². The van der Waals surface area contributed by atoms with E-state index in [1.54, 1.807) is 7.05 Å².